The largest absolute Gasteiger partial charge is 0.391 e. The molecule has 3 N–H and O–H groups in total. The Labute approximate surface area is 218 Å². The van der Waals surface area contributed by atoms with Crippen LogP contribution < -0.4 is 10.6 Å². The topological polar surface area (TPSA) is 107 Å². The number of aliphatic hydroxyl groups is 1. The number of hydrogen-bond donors (Lipinski definition) is 3. The van der Waals surface area contributed by atoms with Crippen molar-refractivity contribution < 1.29 is 23.5 Å². The molecule has 4 heterocycles. The van der Waals surface area contributed by atoms with Crippen LogP contribution >= 0.6 is 11.3 Å². The summed E-state index contributed by atoms with van der Waals surface area (Å²) in [5, 5.41) is 16.1. The second-order valence-electron chi connectivity index (χ2n) is 11.3. The van der Waals surface area contributed by atoms with Gasteiger partial charge < -0.3 is 20.6 Å². The first-order valence-electron chi connectivity index (χ1n) is 12.9. The quantitative estimate of drug-likeness (QED) is 0.494. The van der Waals surface area contributed by atoms with Crippen LogP contribution in [0.2, 0.25) is 0 Å². The Morgan fingerprint density at radius 3 is 2.38 bits per heavy atom. The summed E-state index contributed by atoms with van der Waals surface area (Å²) in [5.41, 5.74) is -0.546. The minimum Gasteiger partial charge on any atom is -0.391 e. The van der Waals surface area contributed by atoms with Crippen molar-refractivity contribution in [3.63, 3.8) is 0 Å². The van der Waals surface area contributed by atoms with E-state index in [0.29, 0.717) is 18.7 Å². The molecule has 11 heteroatoms. The lowest BCUT2D eigenvalue weighted by molar-refractivity contribution is 0.0725. The third-order valence-electron chi connectivity index (χ3n) is 7.43. The van der Waals surface area contributed by atoms with Crippen LogP contribution in [0.1, 0.15) is 98.0 Å². The molecule has 37 heavy (non-hydrogen) atoms. The van der Waals surface area contributed by atoms with Gasteiger partial charge in [-0.1, -0.05) is 0 Å². The van der Waals surface area contributed by atoms with E-state index >= 15 is 0 Å². The van der Waals surface area contributed by atoms with Gasteiger partial charge in [0.05, 0.1) is 17.0 Å². The van der Waals surface area contributed by atoms with Crippen LogP contribution in [0, 0.1) is 0 Å². The molecular formula is C26H33F2N5O3S. The Hall–Kier alpha value is -2.66. The monoisotopic (exact) mass is 533 g/mol. The summed E-state index contributed by atoms with van der Waals surface area (Å²) in [6.45, 7) is 5.71. The van der Waals surface area contributed by atoms with Gasteiger partial charge in [-0.3, -0.25) is 9.59 Å². The fraction of sp³-hybridized carbons (Fsp3) is 0.615. The van der Waals surface area contributed by atoms with Gasteiger partial charge in [-0.2, -0.15) is 0 Å². The Bertz CT molecular complexity index is 1180. The van der Waals surface area contributed by atoms with Crippen molar-refractivity contribution in [1.82, 2.24) is 20.2 Å². The van der Waals surface area contributed by atoms with E-state index in [-0.39, 0.29) is 50.2 Å². The highest BCUT2D eigenvalue weighted by molar-refractivity contribution is 7.17. The van der Waals surface area contributed by atoms with Gasteiger partial charge in [-0.25, -0.2) is 18.7 Å². The van der Waals surface area contributed by atoms with E-state index in [4.69, 9.17) is 0 Å². The molecule has 1 aliphatic carbocycles. The summed E-state index contributed by atoms with van der Waals surface area (Å²) in [5.74, 6) is -0.541. The number of halogens is 2. The highest BCUT2D eigenvalue weighted by Gasteiger charge is 2.44. The summed E-state index contributed by atoms with van der Waals surface area (Å²) in [6, 6.07) is 1.13. The number of alkyl halides is 2. The fourth-order valence-electron chi connectivity index (χ4n) is 5.74. The first kappa shape index (κ1) is 26.0. The van der Waals surface area contributed by atoms with Crippen LogP contribution in [-0.2, 0) is 0 Å². The zero-order chi connectivity index (χ0) is 26.5. The zero-order valence-electron chi connectivity index (χ0n) is 21.3. The maximum absolute atomic E-state index is 14.3. The third kappa shape index (κ3) is 5.20. The molecule has 3 aliphatic rings. The molecule has 8 nitrogen and oxygen atoms in total. The van der Waals surface area contributed by atoms with E-state index in [1.807, 2.05) is 25.7 Å². The number of amides is 2. The zero-order valence-corrected chi connectivity index (χ0v) is 22.1. The van der Waals surface area contributed by atoms with Crippen LogP contribution in [-0.4, -0.2) is 61.6 Å². The predicted molar refractivity (Wildman–Crippen MR) is 137 cm³/mol. The van der Waals surface area contributed by atoms with E-state index in [2.05, 4.69) is 20.6 Å². The lowest BCUT2D eigenvalue weighted by atomic mass is 10.0. The maximum Gasteiger partial charge on any atom is 0.280 e. The number of nitrogens with one attached hydrogen (secondary N) is 2. The third-order valence-corrected chi connectivity index (χ3v) is 8.51. The molecule has 2 saturated heterocycles. The summed E-state index contributed by atoms with van der Waals surface area (Å²) in [6.07, 6.45) is 3.60. The molecule has 0 radical (unpaired) electrons. The maximum atomic E-state index is 14.3. The van der Waals surface area contributed by atoms with Crippen molar-refractivity contribution in [1.29, 1.82) is 0 Å². The van der Waals surface area contributed by atoms with Crippen molar-refractivity contribution in [2.75, 3.05) is 5.32 Å². The number of pyridine rings is 1. The van der Waals surface area contributed by atoms with Crippen molar-refractivity contribution in [2.24, 2.45) is 0 Å². The molecule has 2 bridgehead atoms. The van der Waals surface area contributed by atoms with Crippen LogP contribution in [0.3, 0.4) is 0 Å². The summed E-state index contributed by atoms with van der Waals surface area (Å²) in [7, 11) is 0. The van der Waals surface area contributed by atoms with Gasteiger partial charge in [-0.05, 0) is 71.8 Å². The van der Waals surface area contributed by atoms with E-state index < -0.39 is 24.5 Å². The number of carbonyl (C=O) groups is 2. The second-order valence-corrected chi connectivity index (χ2v) is 12.3. The van der Waals surface area contributed by atoms with Gasteiger partial charge >= 0.3 is 0 Å². The number of aromatic nitrogens is 2. The molecule has 3 fully saturated rings. The van der Waals surface area contributed by atoms with Gasteiger partial charge in [-0.15, -0.1) is 11.3 Å². The highest BCUT2D eigenvalue weighted by atomic mass is 32.1. The number of anilines is 1. The molecular weight excluding hydrogens is 500 g/mol. The Kier molecular flexibility index (Phi) is 6.95. The predicted octanol–water partition coefficient (Wildman–Crippen LogP) is 4.76. The van der Waals surface area contributed by atoms with Gasteiger partial charge in [0.25, 0.3) is 18.2 Å². The average molecular weight is 534 g/mol. The number of hydrogen-bond acceptors (Lipinski definition) is 7. The van der Waals surface area contributed by atoms with E-state index in [0.717, 1.165) is 43.4 Å². The lowest BCUT2D eigenvalue weighted by Gasteiger charge is -2.23. The second kappa shape index (κ2) is 9.90. The number of aliphatic hydroxyl groups excluding tert-OH is 1. The number of thiazole rings is 1. The Morgan fingerprint density at radius 1 is 1.14 bits per heavy atom. The SMILES string of the molecule is CC(C)(C)Nc1cc(C(F)F)c(-c2sc(C(=O)N[C@@H]3CCC[C@H]3O)nc2C(=O)N2C3CCC2CC3)cn1. The van der Waals surface area contributed by atoms with Gasteiger partial charge in [0, 0.05) is 34.9 Å². The molecule has 0 unspecified atom stereocenters. The van der Waals surface area contributed by atoms with E-state index in [1.165, 1.54) is 12.3 Å². The van der Waals surface area contributed by atoms with E-state index in [9.17, 15) is 23.5 Å². The number of rotatable bonds is 6. The Morgan fingerprint density at radius 2 is 1.81 bits per heavy atom. The van der Waals surface area contributed by atoms with Crippen LogP contribution in [0.5, 0.6) is 0 Å². The van der Waals surface area contributed by atoms with E-state index in [1.54, 1.807) is 0 Å². The fourth-order valence-corrected chi connectivity index (χ4v) is 6.74. The summed E-state index contributed by atoms with van der Waals surface area (Å²) < 4.78 is 28.6. The van der Waals surface area contributed by atoms with Gasteiger partial charge in [0.1, 0.15) is 11.5 Å². The van der Waals surface area contributed by atoms with Crippen LogP contribution in [0.25, 0.3) is 10.4 Å². The molecule has 5 rings (SSSR count). The molecule has 2 aromatic heterocycles. The molecule has 2 amide bonds. The molecule has 2 aliphatic heterocycles. The van der Waals surface area contributed by atoms with Gasteiger partial charge in [0.15, 0.2) is 5.01 Å². The summed E-state index contributed by atoms with van der Waals surface area (Å²) >= 11 is 0.920. The van der Waals surface area contributed by atoms with Crippen LogP contribution in [0.15, 0.2) is 12.3 Å². The van der Waals surface area contributed by atoms with Crippen molar-refractivity contribution in [3.05, 3.63) is 28.5 Å². The molecule has 200 valence electrons. The summed E-state index contributed by atoms with van der Waals surface area (Å²) in [4.78, 5) is 37.6. The van der Waals surface area contributed by atoms with Crippen molar-refractivity contribution in [3.8, 4) is 10.4 Å². The van der Waals surface area contributed by atoms with Crippen molar-refractivity contribution in [2.45, 2.75) is 102 Å². The highest BCUT2D eigenvalue weighted by Crippen LogP contribution is 2.42. The number of fused-ring (bicyclic) bond motifs is 2. The minimum absolute atomic E-state index is 0.0149. The van der Waals surface area contributed by atoms with Gasteiger partial charge in [0.2, 0.25) is 0 Å². The number of nitrogens with zero attached hydrogens (tertiary/aromatic N) is 3. The first-order chi connectivity index (χ1) is 17.5. The first-order valence-corrected chi connectivity index (χ1v) is 13.7. The molecule has 2 atom stereocenters. The average Bonchev–Trinajstić information content (AvgIpc) is 3.62. The standard InChI is InChI=1S/C26H33F2N5O3S/c1-26(2,3)32-19-11-15(22(27)28)16(12-29-19)21-20(25(36)33-13-7-8-14(33)10-9-13)31-24(37-21)23(35)30-17-5-4-6-18(17)34/h11-14,17-18,22,34H,4-10H2,1-3H3,(H,29,32)(H,30,35)/t13?,14?,17-,18-/m1/s1. The molecule has 0 aromatic carbocycles. The van der Waals surface area contributed by atoms with Crippen molar-refractivity contribution >= 4 is 29.0 Å². The number of carbonyl (C=O) groups excluding carboxylic acids is 2. The Balaban J connectivity index is 1.55. The smallest absolute Gasteiger partial charge is 0.280 e. The molecule has 2 aromatic rings. The van der Waals surface area contributed by atoms with Crippen LogP contribution in [0.4, 0.5) is 14.6 Å². The lowest BCUT2D eigenvalue weighted by Crippen LogP contribution is -2.40. The molecule has 1 saturated carbocycles. The minimum atomic E-state index is -2.82. The normalized spacial score (nSPS) is 25.2. The molecule has 0 spiro atoms.